The quantitative estimate of drug-likeness (QED) is 0.312. The zero-order valence-corrected chi connectivity index (χ0v) is 11.8. The Labute approximate surface area is 120 Å². The number of ether oxygens (including phenoxy) is 1. The Morgan fingerprint density at radius 1 is 1.05 bits per heavy atom. The van der Waals surface area contributed by atoms with Crippen LogP contribution in [0.5, 0.6) is 5.75 Å². The van der Waals surface area contributed by atoms with Crippen molar-refractivity contribution in [3.05, 3.63) is 52.9 Å². The van der Waals surface area contributed by atoms with Crippen molar-refractivity contribution in [2.45, 2.75) is 13.8 Å². The highest BCUT2D eigenvalue weighted by Crippen LogP contribution is 2.26. The van der Waals surface area contributed by atoms with Gasteiger partial charge in [-0.15, -0.1) is 0 Å². The number of carbonyl (C=O) groups excluding carboxylic acids is 1. The number of fused-ring (bicyclic) bond motifs is 3. The van der Waals surface area contributed by atoms with Gasteiger partial charge in [-0.25, -0.2) is 4.79 Å². The van der Waals surface area contributed by atoms with E-state index in [1.165, 1.54) is 0 Å². The average Bonchev–Trinajstić information content (AvgIpc) is 2.47. The Bertz CT molecular complexity index is 890. The van der Waals surface area contributed by atoms with Crippen molar-refractivity contribution in [3.63, 3.8) is 0 Å². The third-order valence-electron chi connectivity index (χ3n) is 3.28. The molecular formula is C17H14O4. The van der Waals surface area contributed by atoms with E-state index < -0.39 is 5.63 Å². The second-order valence-electron chi connectivity index (χ2n) is 5.17. The van der Waals surface area contributed by atoms with Crippen LogP contribution in [0.15, 0.2) is 51.7 Å². The van der Waals surface area contributed by atoms with Crippen molar-refractivity contribution in [3.8, 4) is 5.75 Å². The van der Waals surface area contributed by atoms with Crippen LogP contribution in [-0.2, 0) is 4.79 Å². The van der Waals surface area contributed by atoms with Gasteiger partial charge in [-0.1, -0.05) is 32.0 Å². The van der Waals surface area contributed by atoms with Gasteiger partial charge in [0.1, 0.15) is 11.3 Å². The van der Waals surface area contributed by atoms with Crippen molar-refractivity contribution in [2.75, 3.05) is 0 Å². The fraction of sp³-hybridized carbons (Fsp3) is 0.176. The van der Waals surface area contributed by atoms with Gasteiger partial charge in [0.15, 0.2) is 0 Å². The number of rotatable bonds is 2. The summed E-state index contributed by atoms with van der Waals surface area (Å²) in [7, 11) is 0. The maximum atomic E-state index is 12.0. The van der Waals surface area contributed by atoms with Gasteiger partial charge in [0, 0.05) is 11.5 Å². The molecule has 0 N–H and O–H groups in total. The maximum absolute atomic E-state index is 12.0. The summed E-state index contributed by atoms with van der Waals surface area (Å²) < 4.78 is 10.5. The molecule has 0 bridgehead atoms. The first-order chi connectivity index (χ1) is 10.1. The van der Waals surface area contributed by atoms with Crippen LogP contribution >= 0.6 is 0 Å². The summed E-state index contributed by atoms with van der Waals surface area (Å²) in [6.45, 7) is 3.52. The summed E-state index contributed by atoms with van der Waals surface area (Å²) in [6, 6.07) is 12.3. The molecule has 0 spiro atoms. The Balaban J connectivity index is 2.17. The SMILES string of the molecule is CC(C)C(=O)Oc1ccc2c(c1)oc(=O)c1ccccc12. The van der Waals surface area contributed by atoms with Crippen LogP contribution in [0, 0.1) is 5.92 Å². The first-order valence-corrected chi connectivity index (χ1v) is 6.73. The summed E-state index contributed by atoms with van der Waals surface area (Å²) in [6.07, 6.45) is 0. The maximum Gasteiger partial charge on any atom is 0.344 e. The molecule has 0 fully saturated rings. The van der Waals surface area contributed by atoms with Crippen molar-refractivity contribution in [1.29, 1.82) is 0 Å². The second-order valence-corrected chi connectivity index (χ2v) is 5.17. The van der Waals surface area contributed by atoms with Crippen molar-refractivity contribution in [1.82, 2.24) is 0 Å². The van der Waals surface area contributed by atoms with Crippen LogP contribution in [0.25, 0.3) is 21.7 Å². The molecule has 0 atom stereocenters. The van der Waals surface area contributed by atoms with E-state index in [0.717, 1.165) is 10.8 Å². The van der Waals surface area contributed by atoms with Gasteiger partial charge < -0.3 is 9.15 Å². The van der Waals surface area contributed by atoms with Gasteiger partial charge in [-0.05, 0) is 23.6 Å². The Morgan fingerprint density at radius 3 is 2.48 bits per heavy atom. The minimum Gasteiger partial charge on any atom is -0.426 e. The molecule has 0 amide bonds. The zero-order valence-electron chi connectivity index (χ0n) is 11.8. The molecule has 0 saturated heterocycles. The monoisotopic (exact) mass is 282 g/mol. The van der Waals surface area contributed by atoms with Crippen LogP contribution in [0.1, 0.15) is 13.8 Å². The largest absolute Gasteiger partial charge is 0.426 e. The van der Waals surface area contributed by atoms with E-state index >= 15 is 0 Å². The molecule has 106 valence electrons. The molecule has 0 unspecified atom stereocenters. The van der Waals surface area contributed by atoms with Gasteiger partial charge in [-0.3, -0.25) is 4.79 Å². The molecule has 4 heteroatoms. The molecule has 1 heterocycles. The fourth-order valence-electron chi connectivity index (χ4n) is 2.16. The van der Waals surface area contributed by atoms with E-state index in [0.29, 0.717) is 16.7 Å². The number of benzene rings is 2. The van der Waals surface area contributed by atoms with Gasteiger partial charge in [-0.2, -0.15) is 0 Å². The van der Waals surface area contributed by atoms with Crippen LogP contribution in [-0.4, -0.2) is 5.97 Å². The van der Waals surface area contributed by atoms with Crippen molar-refractivity contribution >= 4 is 27.7 Å². The lowest BCUT2D eigenvalue weighted by molar-refractivity contribution is -0.137. The first-order valence-electron chi connectivity index (χ1n) is 6.73. The predicted octanol–water partition coefficient (Wildman–Crippen LogP) is 3.51. The predicted molar refractivity (Wildman–Crippen MR) is 80.5 cm³/mol. The van der Waals surface area contributed by atoms with Crippen molar-refractivity contribution < 1.29 is 13.9 Å². The number of hydrogen-bond acceptors (Lipinski definition) is 4. The third-order valence-corrected chi connectivity index (χ3v) is 3.28. The van der Waals surface area contributed by atoms with E-state index in [-0.39, 0.29) is 11.9 Å². The van der Waals surface area contributed by atoms with Crippen molar-refractivity contribution in [2.24, 2.45) is 5.92 Å². The van der Waals surface area contributed by atoms with E-state index in [1.54, 1.807) is 44.2 Å². The second kappa shape index (κ2) is 5.05. The number of hydrogen-bond donors (Lipinski definition) is 0. The molecule has 0 aliphatic rings. The van der Waals surface area contributed by atoms with Gasteiger partial charge in [0.25, 0.3) is 0 Å². The topological polar surface area (TPSA) is 56.5 Å². The third kappa shape index (κ3) is 2.40. The smallest absolute Gasteiger partial charge is 0.344 e. The van der Waals surface area contributed by atoms with Gasteiger partial charge in [0.05, 0.1) is 11.3 Å². The molecule has 21 heavy (non-hydrogen) atoms. The molecular weight excluding hydrogens is 268 g/mol. The average molecular weight is 282 g/mol. The van der Waals surface area contributed by atoms with Crippen LogP contribution in [0.2, 0.25) is 0 Å². The molecule has 0 radical (unpaired) electrons. The molecule has 3 rings (SSSR count). The zero-order chi connectivity index (χ0) is 15.0. The molecule has 2 aromatic carbocycles. The minimum absolute atomic E-state index is 0.218. The van der Waals surface area contributed by atoms with Gasteiger partial charge >= 0.3 is 11.6 Å². The summed E-state index contributed by atoms with van der Waals surface area (Å²) in [5.74, 6) is -0.165. The normalized spacial score (nSPS) is 11.2. The summed E-state index contributed by atoms with van der Waals surface area (Å²) in [4.78, 5) is 23.6. The molecule has 1 aromatic heterocycles. The van der Waals surface area contributed by atoms with E-state index in [9.17, 15) is 9.59 Å². The first kappa shape index (κ1) is 13.4. The van der Waals surface area contributed by atoms with Crippen LogP contribution < -0.4 is 10.4 Å². The van der Waals surface area contributed by atoms with Crippen LogP contribution in [0.3, 0.4) is 0 Å². The molecule has 0 aliphatic carbocycles. The van der Waals surface area contributed by atoms with E-state index in [2.05, 4.69) is 0 Å². The molecule has 0 aliphatic heterocycles. The summed E-state index contributed by atoms with van der Waals surface area (Å²) >= 11 is 0. The molecule has 0 saturated carbocycles. The molecule has 3 aromatic rings. The Hall–Kier alpha value is -2.62. The highest BCUT2D eigenvalue weighted by atomic mass is 16.5. The lowest BCUT2D eigenvalue weighted by atomic mass is 10.1. The number of esters is 1. The fourth-order valence-corrected chi connectivity index (χ4v) is 2.16. The molecule has 4 nitrogen and oxygen atoms in total. The summed E-state index contributed by atoms with van der Waals surface area (Å²) in [5.41, 5.74) is 0.0122. The van der Waals surface area contributed by atoms with Gasteiger partial charge in [0.2, 0.25) is 0 Å². The highest BCUT2D eigenvalue weighted by Gasteiger charge is 2.12. The lowest BCUT2D eigenvalue weighted by Gasteiger charge is -2.08. The lowest BCUT2D eigenvalue weighted by Crippen LogP contribution is -2.14. The van der Waals surface area contributed by atoms with Crippen LogP contribution in [0.4, 0.5) is 0 Å². The Kier molecular flexibility index (Phi) is 3.22. The summed E-state index contributed by atoms with van der Waals surface area (Å²) in [5, 5.41) is 2.18. The van der Waals surface area contributed by atoms with E-state index in [1.807, 2.05) is 12.1 Å². The van der Waals surface area contributed by atoms with E-state index in [4.69, 9.17) is 9.15 Å². The highest BCUT2D eigenvalue weighted by molar-refractivity contribution is 6.04. The number of carbonyl (C=O) groups is 1. The Morgan fingerprint density at radius 2 is 1.76 bits per heavy atom. The standard InChI is InChI=1S/C17H14O4/c1-10(2)16(18)20-11-7-8-13-12-5-3-4-6-14(12)17(19)21-15(13)9-11/h3-10H,1-2H3. The minimum atomic E-state index is -0.398.